The summed E-state index contributed by atoms with van der Waals surface area (Å²) in [7, 11) is 0. The molecule has 0 spiro atoms. The van der Waals surface area contributed by atoms with Gasteiger partial charge in [0.25, 0.3) is 0 Å². The van der Waals surface area contributed by atoms with Gasteiger partial charge in [0.2, 0.25) is 5.91 Å². The minimum atomic E-state index is -0.430. The molecular formula is C12H15IN2OS. The molecule has 0 bridgehead atoms. The van der Waals surface area contributed by atoms with Crippen molar-refractivity contribution in [3.05, 3.63) is 27.8 Å². The summed E-state index contributed by atoms with van der Waals surface area (Å²) in [5.41, 5.74) is 6.39. The second kappa shape index (κ2) is 6.30. The predicted molar refractivity (Wildman–Crippen MR) is 82.9 cm³/mol. The first-order valence-corrected chi connectivity index (χ1v) is 6.77. The van der Waals surface area contributed by atoms with Crippen LogP contribution in [0.5, 0.6) is 0 Å². The van der Waals surface area contributed by atoms with Gasteiger partial charge in [0, 0.05) is 3.57 Å². The fraction of sp³-hybridized carbons (Fsp3) is 0.333. The van der Waals surface area contributed by atoms with E-state index in [-0.39, 0.29) is 16.8 Å². The van der Waals surface area contributed by atoms with Crippen LogP contribution >= 0.6 is 34.8 Å². The first-order chi connectivity index (χ1) is 7.93. The normalized spacial score (nSPS) is 12.2. The number of halogens is 1. The van der Waals surface area contributed by atoms with Crippen molar-refractivity contribution < 1.29 is 4.79 Å². The Labute approximate surface area is 120 Å². The van der Waals surface area contributed by atoms with E-state index in [9.17, 15) is 4.79 Å². The van der Waals surface area contributed by atoms with Crippen LogP contribution in [0.25, 0.3) is 0 Å². The topological polar surface area (TPSA) is 55.1 Å². The Bertz CT molecular complexity index is 434. The number of carbonyl (C=O) groups is 1. The Balaban J connectivity index is 2.85. The van der Waals surface area contributed by atoms with Crippen molar-refractivity contribution in [1.29, 1.82) is 0 Å². The third-order valence-electron chi connectivity index (χ3n) is 2.39. The largest absolute Gasteiger partial charge is 0.393 e. The van der Waals surface area contributed by atoms with Crippen molar-refractivity contribution in [1.82, 2.24) is 0 Å². The summed E-state index contributed by atoms with van der Waals surface area (Å²) in [6, 6.07) is 7.59. The number of nitrogens with one attached hydrogen (secondary N) is 1. The van der Waals surface area contributed by atoms with Crippen LogP contribution in [0.2, 0.25) is 0 Å². The number of rotatable bonds is 4. The number of amides is 1. The Kier molecular flexibility index (Phi) is 5.32. The average Bonchev–Trinajstić information content (AvgIpc) is 2.20. The van der Waals surface area contributed by atoms with Crippen LogP contribution in [-0.2, 0) is 4.79 Å². The molecule has 1 aromatic rings. The summed E-state index contributed by atoms with van der Waals surface area (Å²) in [6.07, 6.45) is 0. The van der Waals surface area contributed by atoms with E-state index in [0.29, 0.717) is 0 Å². The number of para-hydroxylation sites is 1. The van der Waals surface area contributed by atoms with Crippen molar-refractivity contribution in [3.63, 3.8) is 0 Å². The minimum Gasteiger partial charge on any atom is -0.393 e. The molecule has 1 unspecified atom stereocenters. The Hall–Kier alpha value is -0.690. The van der Waals surface area contributed by atoms with E-state index in [1.807, 2.05) is 38.1 Å². The fourth-order valence-corrected chi connectivity index (χ4v) is 2.43. The van der Waals surface area contributed by atoms with Crippen LogP contribution in [0, 0.1) is 15.4 Å². The molecule has 3 nitrogen and oxygen atoms in total. The maximum atomic E-state index is 12.1. The lowest BCUT2D eigenvalue weighted by Gasteiger charge is -2.19. The molecule has 17 heavy (non-hydrogen) atoms. The molecule has 0 fully saturated rings. The summed E-state index contributed by atoms with van der Waals surface area (Å²) in [4.78, 5) is 12.3. The van der Waals surface area contributed by atoms with Crippen LogP contribution in [0.3, 0.4) is 0 Å². The number of benzene rings is 1. The molecule has 0 heterocycles. The summed E-state index contributed by atoms with van der Waals surface area (Å²) < 4.78 is 0.990. The van der Waals surface area contributed by atoms with Crippen molar-refractivity contribution >= 4 is 51.4 Å². The zero-order valence-corrected chi connectivity index (χ0v) is 12.7. The van der Waals surface area contributed by atoms with E-state index in [4.69, 9.17) is 18.0 Å². The molecule has 0 saturated heterocycles. The molecular weight excluding hydrogens is 347 g/mol. The number of carbonyl (C=O) groups excluding carboxylic acids is 1. The molecule has 0 saturated carbocycles. The van der Waals surface area contributed by atoms with Gasteiger partial charge in [-0.05, 0) is 40.6 Å². The highest BCUT2D eigenvalue weighted by atomic mass is 127. The molecule has 5 heteroatoms. The molecule has 1 amide bonds. The number of thiocarbonyl (C=S) groups is 1. The number of hydrogen-bond donors (Lipinski definition) is 2. The number of nitrogens with two attached hydrogens (primary N) is 1. The highest BCUT2D eigenvalue weighted by molar-refractivity contribution is 14.1. The third-order valence-corrected chi connectivity index (χ3v) is 3.58. The first kappa shape index (κ1) is 14.4. The Morgan fingerprint density at radius 2 is 2.00 bits per heavy atom. The van der Waals surface area contributed by atoms with E-state index >= 15 is 0 Å². The molecule has 1 aromatic carbocycles. The van der Waals surface area contributed by atoms with Crippen molar-refractivity contribution in [2.75, 3.05) is 5.32 Å². The summed E-state index contributed by atoms with van der Waals surface area (Å²) in [5, 5.41) is 2.86. The summed E-state index contributed by atoms with van der Waals surface area (Å²) >= 11 is 7.11. The van der Waals surface area contributed by atoms with Gasteiger partial charge in [-0.2, -0.15) is 0 Å². The van der Waals surface area contributed by atoms with Gasteiger partial charge in [-0.3, -0.25) is 4.79 Å². The second-order valence-corrected chi connectivity index (χ2v) is 5.73. The van der Waals surface area contributed by atoms with Gasteiger partial charge in [0.15, 0.2) is 0 Å². The van der Waals surface area contributed by atoms with Gasteiger partial charge >= 0.3 is 0 Å². The number of anilines is 1. The van der Waals surface area contributed by atoms with Gasteiger partial charge in [0.1, 0.15) is 0 Å². The lowest BCUT2D eigenvalue weighted by molar-refractivity contribution is -0.118. The predicted octanol–water partition coefficient (Wildman–Crippen LogP) is 2.79. The number of hydrogen-bond acceptors (Lipinski definition) is 2. The van der Waals surface area contributed by atoms with E-state index in [2.05, 4.69) is 27.9 Å². The molecule has 0 aliphatic carbocycles. The van der Waals surface area contributed by atoms with Crippen molar-refractivity contribution in [2.45, 2.75) is 13.8 Å². The van der Waals surface area contributed by atoms with E-state index in [0.717, 1.165) is 9.26 Å². The summed E-state index contributed by atoms with van der Waals surface area (Å²) in [5.74, 6) is -0.480. The monoisotopic (exact) mass is 362 g/mol. The lowest BCUT2D eigenvalue weighted by atomic mass is 9.95. The van der Waals surface area contributed by atoms with Crippen molar-refractivity contribution in [3.8, 4) is 0 Å². The molecule has 92 valence electrons. The maximum absolute atomic E-state index is 12.1. The SMILES string of the molecule is CC(C)C(C(=O)Nc1ccccc1I)C(N)=S. The lowest BCUT2D eigenvalue weighted by Crippen LogP contribution is -2.36. The van der Waals surface area contributed by atoms with E-state index in [1.165, 1.54) is 0 Å². The smallest absolute Gasteiger partial charge is 0.234 e. The molecule has 0 radical (unpaired) electrons. The first-order valence-electron chi connectivity index (χ1n) is 5.28. The van der Waals surface area contributed by atoms with Gasteiger partial charge in [-0.25, -0.2) is 0 Å². The molecule has 3 N–H and O–H groups in total. The van der Waals surface area contributed by atoms with Crippen LogP contribution in [-0.4, -0.2) is 10.9 Å². The minimum absolute atomic E-state index is 0.0915. The molecule has 0 aliphatic heterocycles. The van der Waals surface area contributed by atoms with Crippen LogP contribution in [0.15, 0.2) is 24.3 Å². The highest BCUT2D eigenvalue weighted by Crippen LogP contribution is 2.20. The maximum Gasteiger partial charge on any atom is 0.234 e. The quantitative estimate of drug-likeness (QED) is 0.640. The fourth-order valence-electron chi connectivity index (χ4n) is 1.53. The van der Waals surface area contributed by atoms with Crippen LogP contribution in [0.1, 0.15) is 13.8 Å². The van der Waals surface area contributed by atoms with Crippen LogP contribution in [0.4, 0.5) is 5.69 Å². The molecule has 1 rings (SSSR count). The van der Waals surface area contributed by atoms with Gasteiger partial charge in [0.05, 0.1) is 16.6 Å². The zero-order chi connectivity index (χ0) is 13.0. The molecule has 0 aliphatic rings. The zero-order valence-electron chi connectivity index (χ0n) is 9.74. The summed E-state index contributed by atoms with van der Waals surface area (Å²) in [6.45, 7) is 3.86. The van der Waals surface area contributed by atoms with Crippen LogP contribution < -0.4 is 11.1 Å². The average molecular weight is 362 g/mol. The van der Waals surface area contributed by atoms with Gasteiger partial charge < -0.3 is 11.1 Å². The highest BCUT2D eigenvalue weighted by Gasteiger charge is 2.25. The molecule has 1 atom stereocenters. The standard InChI is InChI=1S/C12H15IN2OS/c1-7(2)10(11(14)17)12(16)15-9-6-4-3-5-8(9)13/h3-7,10H,1-2H3,(H2,14,17)(H,15,16). The van der Waals surface area contributed by atoms with E-state index < -0.39 is 5.92 Å². The third kappa shape index (κ3) is 3.92. The second-order valence-electron chi connectivity index (χ2n) is 4.09. The Morgan fingerprint density at radius 3 is 2.47 bits per heavy atom. The molecule has 0 aromatic heterocycles. The van der Waals surface area contributed by atoms with Gasteiger partial charge in [-0.1, -0.05) is 38.2 Å². The van der Waals surface area contributed by atoms with E-state index in [1.54, 1.807) is 0 Å². The van der Waals surface area contributed by atoms with Crippen molar-refractivity contribution in [2.24, 2.45) is 17.6 Å². The van der Waals surface area contributed by atoms with Gasteiger partial charge in [-0.15, -0.1) is 0 Å². The Morgan fingerprint density at radius 1 is 1.41 bits per heavy atom.